The van der Waals surface area contributed by atoms with Crippen LogP contribution in [-0.2, 0) is 9.59 Å². The average molecular weight is 277 g/mol. The van der Waals surface area contributed by atoms with Gasteiger partial charge in [0.25, 0.3) is 0 Å². The molecule has 0 spiro atoms. The van der Waals surface area contributed by atoms with Crippen molar-refractivity contribution >= 4 is 11.8 Å². The lowest BCUT2D eigenvalue weighted by atomic mass is 10.1. The predicted molar refractivity (Wildman–Crippen MR) is 78.9 cm³/mol. The first-order valence-corrected chi connectivity index (χ1v) is 6.92. The van der Waals surface area contributed by atoms with Crippen LogP contribution in [-0.4, -0.2) is 24.4 Å². The Kier molecular flexibility index (Phi) is 6.73. The summed E-state index contributed by atoms with van der Waals surface area (Å²) >= 11 is 0. The van der Waals surface area contributed by atoms with Crippen LogP contribution in [0.5, 0.6) is 0 Å². The van der Waals surface area contributed by atoms with Gasteiger partial charge in [0, 0.05) is 19.0 Å². The fourth-order valence-corrected chi connectivity index (χ4v) is 1.67. The molecule has 110 valence electrons. The zero-order valence-electron chi connectivity index (χ0n) is 12.1. The first-order valence-electron chi connectivity index (χ1n) is 6.92. The second-order valence-corrected chi connectivity index (χ2v) is 4.81. The molecule has 1 unspecified atom stereocenters. The van der Waals surface area contributed by atoms with Crippen LogP contribution in [0.1, 0.15) is 38.3 Å². The van der Waals surface area contributed by atoms with Crippen molar-refractivity contribution in [3.63, 3.8) is 0 Å². The van der Waals surface area contributed by atoms with E-state index in [0.717, 1.165) is 12.0 Å². The Morgan fingerprint density at radius 1 is 1.25 bits per heavy atom. The molecular formula is C15H23N3O2. The van der Waals surface area contributed by atoms with Gasteiger partial charge in [-0.25, -0.2) is 0 Å². The Morgan fingerprint density at radius 2 is 1.90 bits per heavy atom. The van der Waals surface area contributed by atoms with Gasteiger partial charge in [0.2, 0.25) is 11.8 Å². The van der Waals surface area contributed by atoms with E-state index in [0.29, 0.717) is 6.54 Å². The van der Waals surface area contributed by atoms with Crippen molar-refractivity contribution < 1.29 is 9.59 Å². The molecule has 2 amide bonds. The van der Waals surface area contributed by atoms with Crippen molar-refractivity contribution in [2.45, 2.75) is 38.8 Å². The number of carbonyl (C=O) groups is 2. The van der Waals surface area contributed by atoms with E-state index in [4.69, 9.17) is 5.73 Å². The molecule has 1 aromatic carbocycles. The molecule has 0 aliphatic heterocycles. The summed E-state index contributed by atoms with van der Waals surface area (Å²) in [6.07, 6.45) is 1.15. The minimum Gasteiger partial charge on any atom is -0.354 e. The minimum atomic E-state index is -0.700. The maximum absolute atomic E-state index is 11.8. The van der Waals surface area contributed by atoms with Crippen molar-refractivity contribution in [3.8, 4) is 0 Å². The highest BCUT2D eigenvalue weighted by Crippen LogP contribution is 2.08. The van der Waals surface area contributed by atoms with Crippen molar-refractivity contribution in [2.24, 2.45) is 5.73 Å². The van der Waals surface area contributed by atoms with E-state index in [1.807, 2.05) is 32.0 Å². The molecule has 2 atom stereocenters. The molecule has 0 aromatic heterocycles. The van der Waals surface area contributed by atoms with E-state index >= 15 is 0 Å². The largest absolute Gasteiger partial charge is 0.354 e. The number of amides is 2. The van der Waals surface area contributed by atoms with Crippen molar-refractivity contribution in [1.29, 1.82) is 0 Å². The highest BCUT2D eigenvalue weighted by atomic mass is 16.2. The van der Waals surface area contributed by atoms with Crippen LogP contribution in [0, 0.1) is 0 Å². The maximum atomic E-state index is 11.8. The number of benzene rings is 1. The van der Waals surface area contributed by atoms with Crippen LogP contribution in [0.25, 0.3) is 0 Å². The summed E-state index contributed by atoms with van der Waals surface area (Å²) in [6.45, 7) is 4.25. The molecule has 0 heterocycles. The van der Waals surface area contributed by atoms with Gasteiger partial charge < -0.3 is 16.4 Å². The van der Waals surface area contributed by atoms with E-state index < -0.39 is 6.04 Å². The molecule has 5 nitrogen and oxygen atoms in total. The van der Waals surface area contributed by atoms with Crippen molar-refractivity contribution in [1.82, 2.24) is 10.6 Å². The molecule has 4 N–H and O–H groups in total. The smallest absolute Gasteiger partial charge is 0.241 e. The number of rotatable bonds is 7. The van der Waals surface area contributed by atoms with E-state index in [1.165, 1.54) is 0 Å². The Balaban J connectivity index is 2.31. The van der Waals surface area contributed by atoms with Gasteiger partial charge in [-0.05, 0) is 18.9 Å². The number of hydrogen-bond donors (Lipinski definition) is 3. The summed E-state index contributed by atoms with van der Waals surface area (Å²) in [6, 6.07) is 8.61. The lowest BCUT2D eigenvalue weighted by Crippen LogP contribution is -2.38. The van der Waals surface area contributed by atoms with Crippen LogP contribution >= 0.6 is 0 Å². The standard InChI is InChI=1S/C15H23N3O2/c1-3-11(2)18-13(19)9-10-17-15(20)14(16)12-7-5-4-6-8-12/h4-8,11,14H,3,9-10,16H2,1-2H3,(H,17,20)(H,18,19)/t11?,14-/m0/s1. The summed E-state index contributed by atoms with van der Waals surface area (Å²) in [5.74, 6) is -0.333. The first-order chi connectivity index (χ1) is 9.54. The van der Waals surface area contributed by atoms with E-state index in [1.54, 1.807) is 12.1 Å². The molecule has 20 heavy (non-hydrogen) atoms. The van der Waals surface area contributed by atoms with Gasteiger partial charge in [-0.2, -0.15) is 0 Å². The molecule has 0 radical (unpaired) electrons. The van der Waals surface area contributed by atoms with Gasteiger partial charge in [0.05, 0.1) is 0 Å². The third-order valence-electron chi connectivity index (χ3n) is 3.11. The summed E-state index contributed by atoms with van der Waals surface area (Å²) < 4.78 is 0. The lowest BCUT2D eigenvalue weighted by molar-refractivity contribution is -0.123. The predicted octanol–water partition coefficient (Wildman–Crippen LogP) is 1.11. The topological polar surface area (TPSA) is 84.2 Å². The number of hydrogen-bond acceptors (Lipinski definition) is 3. The fraction of sp³-hybridized carbons (Fsp3) is 0.467. The van der Waals surface area contributed by atoms with Gasteiger partial charge in [0.1, 0.15) is 6.04 Å². The van der Waals surface area contributed by atoms with Crippen LogP contribution in [0.15, 0.2) is 30.3 Å². The monoisotopic (exact) mass is 277 g/mol. The third kappa shape index (κ3) is 5.40. The van der Waals surface area contributed by atoms with Gasteiger partial charge >= 0.3 is 0 Å². The van der Waals surface area contributed by atoms with Gasteiger partial charge in [-0.15, -0.1) is 0 Å². The molecular weight excluding hydrogens is 254 g/mol. The summed E-state index contributed by atoms with van der Waals surface area (Å²) in [5, 5.41) is 5.52. The molecule has 5 heteroatoms. The Labute approximate surface area is 119 Å². The number of nitrogens with two attached hydrogens (primary N) is 1. The Hall–Kier alpha value is -1.88. The van der Waals surface area contributed by atoms with Crippen molar-refractivity contribution in [3.05, 3.63) is 35.9 Å². The second-order valence-electron chi connectivity index (χ2n) is 4.81. The molecule has 0 saturated carbocycles. The highest BCUT2D eigenvalue weighted by molar-refractivity contribution is 5.83. The SMILES string of the molecule is CCC(C)NC(=O)CCNC(=O)[C@@H](N)c1ccccc1. The van der Waals surface area contributed by atoms with E-state index in [2.05, 4.69) is 10.6 Å². The summed E-state index contributed by atoms with van der Waals surface area (Å²) in [4.78, 5) is 23.4. The summed E-state index contributed by atoms with van der Waals surface area (Å²) in [5.41, 5.74) is 6.60. The highest BCUT2D eigenvalue weighted by Gasteiger charge is 2.15. The first kappa shape index (κ1) is 16.2. The zero-order chi connectivity index (χ0) is 15.0. The Bertz CT molecular complexity index is 434. The van der Waals surface area contributed by atoms with E-state index in [9.17, 15) is 9.59 Å². The zero-order valence-corrected chi connectivity index (χ0v) is 12.1. The normalized spacial score (nSPS) is 13.3. The summed E-state index contributed by atoms with van der Waals surface area (Å²) in [7, 11) is 0. The number of nitrogens with one attached hydrogen (secondary N) is 2. The van der Waals surface area contributed by atoms with Crippen LogP contribution in [0.4, 0.5) is 0 Å². The molecule has 0 saturated heterocycles. The van der Waals surface area contributed by atoms with Crippen LogP contribution in [0.3, 0.4) is 0 Å². The quantitative estimate of drug-likeness (QED) is 0.698. The van der Waals surface area contributed by atoms with Crippen LogP contribution < -0.4 is 16.4 Å². The van der Waals surface area contributed by atoms with Gasteiger partial charge in [-0.1, -0.05) is 37.3 Å². The fourth-order valence-electron chi connectivity index (χ4n) is 1.67. The van der Waals surface area contributed by atoms with Gasteiger partial charge in [0.15, 0.2) is 0 Å². The van der Waals surface area contributed by atoms with Crippen LogP contribution in [0.2, 0.25) is 0 Å². The molecule has 1 aromatic rings. The number of carbonyl (C=O) groups excluding carboxylic acids is 2. The minimum absolute atomic E-state index is 0.0621. The third-order valence-corrected chi connectivity index (χ3v) is 3.11. The lowest BCUT2D eigenvalue weighted by Gasteiger charge is -2.14. The van der Waals surface area contributed by atoms with E-state index in [-0.39, 0.29) is 24.3 Å². The average Bonchev–Trinajstić information content (AvgIpc) is 2.47. The van der Waals surface area contributed by atoms with Crippen molar-refractivity contribution in [2.75, 3.05) is 6.54 Å². The Morgan fingerprint density at radius 3 is 2.50 bits per heavy atom. The molecule has 0 fully saturated rings. The second kappa shape index (κ2) is 8.32. The molecule has 1 rings (SSSR count). The molecule has 0 aliphatic rings. The molecule has 0 bridgehead atoms. The molecule has 0 aliphatic carbocycles. The van der Waals surface area contributed by atoms with Gasteiger partial charge in [-0.3, -0.25) is 9.59 Å². The maximum Gasteiger partial charge on any atom is 0.241 e.